The fourth-order valence-electron chi connectivity index (χ4n) is 1.43. The van der Waals surface area contributed by atoms with Crippen molar-refractivity contribution in [2.75, 3.05) is 31.6 Å². The zero-order valence-corrected chi connectivity index (χ0v) is 10.2. The molecule has 0 radical (unpaired) electrons. The summed E-state index contributed by atoms with van der Waals surface area (Å²) in [6.45, 7) is 3.01. The van der Waals surface area contributed by atoms with Crippen molar-refractivity contribution in [2.45, 2.75) is 12.8 Å². The molecule has 1 aliphatic rings. The van der Waals surface area contributed by atoms with Crippen LogP contribution in [0.25, 0.3) is 0 Å². The van der Waals surface area contributed by atoms with E-state index in [4.69, 9.17) is 0 Å². The summed E-state index contributed by atoms with van der Waals surface area (Å²) in [4.78, 5) is 11.2. The first-order valence-corrected chi connectivity index (χ1v) is 6.18. The van der Waals surface area contributed by atoms with Crippen LogP contribution in [0.15, 0.2) is 0 Å². The maximum Gasteiger partial charge on any atom is 0.220 e. The molecule has 0 aromatic heterocycles. The van der Waals surface area contributed by atoms with Crippen molar-refractivity contribution in [1.82, 2.24) is 10.6 Å². The Morgan fingerprint density at radius 1 is 1.64 bits per heavy atom. The molecule has 0 saturated carbocycles. The number of hydrogen-bond donors (Lipinski definition) is 2. The van der Waals surface area contributed by atoms with Gasteiger partial charge < -0.3 is 10.6 Å². The van der Waals surface area contributed by atoms with Crippen LogP contribution in [0.5, 0.6) is 0 Å². The molecule has 1 rings (SSSR count). The molecule has 1 heterocycles. The monoisotopic (exact) mass is 238 g/mol. The Morgan fingerprint density at radius 3 is 3.00 bits per heavy atom. The third kappa shape index (κ3) is 5.73. The third-order valence-corrected chi connectivity index (χ3v) is 2.90. The Bertz CT molecular complexity index is 163. The van der Waals surface area contributed by atoms with Gasteiger partial charge in [-0.1, -0.05) is 0 Å². The number of carbonyl (C=O) groups excluding carboxylic acids is 1. The highest BCUT2D eigenvalue weighted by Gasteiger charge is 2.14. The molecule has 14 heavy (non-hydrogen) atoms. The van der Waals surface area contributed by atoms with E-state index >= 15 is 0 Å². The smallest absolute Gasteiger partial charge is 0.220 e. The molecule has 2 N–H and O–H groups in total. The van der Waals surface area contributed by atoms with E-state index in [1.807, 2.05) is 6.26 Å². The predicted molar refractivity (Wildman–Crippen MR) is 64.2 cm³/mol. The standard InChI is InChI=1S/C9H18N2OS.ClH/c1-13-5-3-9(12)11-7-8-2-4-10-6-8;/h8,10H,2-7H2,1H3,(H,11,12);1H. The Morgan fingerprint density at radius 2 is 2.43 bits per heavy atom. The van der Waals surface area contributed by atoms with Crippen LogP contribution in [-0.2, 0) is 4.79 Å². The Labute approximate surface area is 96.2 Å². The average Bonchev–Trinajstić information content (AvgIpc) is 2.64. The van der Waals surface area contributed by atoms with E-state index in [2.05, 4.69) is 10.6 Å². The summed E-state index contributed by atoms with van der Waals surface area (Å²) in [5.41, 5.74) is 0. The van der Waals surface area contributed by atoms with Gasteiger partial charge in [-0.25, -0.2) is 0 Å². The van der Waals surface area contributed by atoms with Gasteiger partial charge in [0.05, 0.1) is 0 Å². The maximum atomic E-state index is 11.2. The molecule has 1 atom stereocenters. The first-order valence-electron chi connectivity index (χ1n) is 4.79. The van der Waals surface area contributed by atoms with Crippen molar-refractivity contribution < 1.29 is 4.79 Å². The van der Waals surface area contributed by atoms with Crippen LogP contribution < -0.4 is 10.6 Å². The molecule has 1 aliphatic heterocycles. The first kappa shape index (κ1) is 14.1. The summed E-state index contributed by atoms with van der Waals surface area (Å²) >= 11 is 1.71. The zero-order chi connectivity index (χ0) is 9.52. The number of carbonyl (C=O) groups is 1. The molecule has 84 valence electrons. The summed E-state index contributed by atoms with van der Waals surface area (Å²) in [5.74, 6) is 1.77. The lowest BCUT2D eigenvalue weighted by Crippen LogP contribution is -2.30. The zero-order valence-electron chi connectivity index (χ0n) is 8.54. The van der Waals surface area contributed by atoms with Crippen molar-refractivity contribution in [3.63, 3.8) is 0 Å². The van der Waals surface area contributed by atoms with Crippen molar-refractivity contribution in [3.8, 4) is 0 Å². The minimum atomic E-state index is 0. The molecule has 3 nitrogen and oxygen atoms in total. The van der Waals surface area contributed by atoms with Gasteiger partial charge in [-0.2, -0.15) is 11.8 Å². The summed E-state index contributed by atoms with van der Waals surface area (Å²) in [6, 6.07) is 0. The van der Waals surface area contributed by atoms with E-state index in [1.54, 1.807) is 11.8 Å². The van der Waals surface area contributed by atoms with Gasteiger partial charge in [0.1, 0.15) is 0 Å². The average molecular weight is 239 g/mol. The fourth-order valence-corrected chi connectivity index (χ4v) is 1.82. The lowest BCUT2D eigenvalue weighted by Gasteiger charge is -2.09. The molecular formula is C9H19ClN2OS. The Kier molecular flexibility index (Phi) is 8.43. The van der Waals surface area contributed by atoms with E-state index < -0.39 is 0 Å². The maximum absolute atomic E-state index is 11.2. The summed E-state index contributed by atoms with van der Waals surface area (Å²) in [7, 11) is 0. The van der Waals surface area contributed by atoms with Crippen molar-refractivity contribution in [1.29, 1.82) is 0 Å². The largest absolute Gasteiger partial charge is 0.356 e. The molecule has 0 aromatic carbocycles. The van der Waals surface area contributed by atoms with E-state index in [0.717, 1.165) is 25.4 Å². The summed E-state index contributed by atoms with van der Waals surface area (Å²) in [5, 5.41) is 6.25. The molecule has 1 amide bonds. The lowest BCUT2D eigenvalue weighted by molar-refractivity contribution is -0.120. The van der Waals surface area contributed by atoms with E-state index in [1.165, 1.54) is 6.42 Å². The molecule has 0 aromatic rings. The molecule has 0 spiro atoms. The highest BCUT2D eigenvalue weighted by molar-refractivity contribution is 7.98. The van der Waals surface area contributed by atoms with Gasteiger partial charge in [-0.15, -0.1) is 12.4 Å². The normalized spacial score (nSPS) is 20.2. The minimum absolute atomic E-state index is 0. The molecule has 5 heteroatoms. The molecule has 0 bridgehead atoms. The van der Waals surface area contributed by atoms with Crippen LogP contribution in [-0.4, -0.2) is 37.6 Å². The number of amides is 1. The summed E-state index contributed by atoms with van der Waals surface area (Å²) < 4.78 is 0. The van der Waals surface area contributed by atoms with Crippen LogP contribution in [0, 0.1) is 5.92 Å². The van der Waals surface area contributed by atoms with E-state index in [0.29, 0.717) is 12.3 Å². The van der Waals surface area contributed by atoms with Crippen LogP contribution >= 0.6 is 24.2 Å². The van der Waals surface area contributed by atoms with Gasteiger partial charge in [0.15, 0.2) is 0 Å². The van der Waals surface area contributed by atoms with Crippen molar-refractivity contribution >= 4 is 30.1 Å². The highest BCUT2D eigenvalue weighted by atomic mass is 35.5. The lowest BCUT2D eigenvalue weighted by atomic mass is 10.1. The quantitative estimate of drug-likeness (QED) is 0.748. The van der Waals surface area contributed by atoms with Gasteiger partial charge in [-0.3, -0.25) is 4.79 Å². The van der Waals surface area contributed by atoms with Crippen LogP contribution in [0.1, 0.15) is 12.8 Å². The second-order valence-corrected chi connectivity index (χ2v) is 4.39. The molecule has 1 unspecified atom stereocenters. The topological polar surface area (TPSA) is 41.1 Å². The first-order chi connectivity index (χ1) is 6.33. The summed E-state index contributed by atoms with van der Waals surface area (Å²) in [6.07, 6.45) is 3.87. The van der Waals surface area contributed by atoms with Gasteiger partial charge in [-0.05, 0) is 31.7 Å². The van der Waals surface area contributed by atoms with Crippen molar-refractivity contribution in [2.24, 2.45) is 5.92 Å². The van der Waals surface area contributed by atoms with Crippen LogP contribution in [0.4, 0.5) is 0 Å². The third-order valence-electron chi connectivity index (χ3n) is 2.28. The fraction of sp³-hybridized carbons (Fsp3) is 0.889. The minimum Gasteiger partial charge on any atom is -0.356 e. The highest BCUT2D eigenvalue weighted by Crippen LogP contribution is 2.05. The number of rotatable bonds is 5. The molecule has 1 saturated heterocycles. The van der Waals surface area contributed by atoms with Gasteiger partial charge in [0, 0.05) is 18.7 Å². The van der Waals surface area contributed by atoms with Crippen molar-refractivity contribution in [3.05, 3.63) is 0 Å². The second kappa shape index (κ2) is 8.38. The number of hydrogen-bond acceptors (Lipinski definition) is 3. The number of thioether (sulfide) groups is 1. The molecule has 1 fully saturated rings. The van der Waals surface area contributed by atoms with E-state index in [9.17, 15) is 4.79 Å². The van der Waals surface area contributed by atoms with Gasteiger partial charge in [0.25, 0.3) is 0 Å². The van der Waals surface area contributed by atoms with Crippen LogP contribution in [0.3, 0.4) is 0 Å². The Hall–Kier alpha value is 0.0700. The molecular weight excluding hydrogens is 220 g/mol. The van der Waals surface area contributed by atoms with Gasteiger partial charge >= 0.3 is 0 Å². The predicted octanol–water partition coefficient (Wildman–Crippen LogP) is 0.887. The van der Waals surface area contributed by atoms with Crippen LogP contribution in [0.2, 0.25) is 0 Å². The Balaban J connectivity index is 0.00000169. The molecule has 0 aliphatic carbocycles. The number of nitrogens with one attached hydrogen (secondary N) is 2. The second-order valence-electron chi connectivity index (χ2n) is 3.41. The SMILES string of the molecule is CSCCC(=O)NCC1CCNC1.Cl. The van der Waals surface area contributed by atoms with Gasteiger partial charge in [0.2, 0.25) is 5.91 Å². The van der Waals surface area contributed by atoms with E-state index in [-0.39, 0.29) is 18.3 Å². The number of halogens is 1.